The molecule has 1 aliphatic rings. The summed E-state index contributed by atoms with van der Waals surface area (Å²) in [6.07, 6.45) is 7.18. The van der Waals surface area contributed by atoms with E-state index >= 15 is 0 Å². The molecule has 8 heteroatoms. The molecular formula is C26H36N4O4. The van der Waals surface area contributed by atoms with E-state index in [4.69, 9.17) is 4.74 Å². The standard InChI is InChI=1S/C26H36N4O4/c1-19(2)7-10-28(11-8-20(3)4)25(32)21-9-12-30-23(18-21)22(6-5-15-31)24(27-30)26(33)29-13-16-34-17-14-29/h5-6,9,12,15,18-20H,7-8,10-11,13-14,16-17H2,1-4H3. The zero-order valence-corrected chi connectivity index (χ0v) is 20.7. The summed E-state index contributed by atoms with van der Waals surface area (Å²) in [6.45, 7) is 12.0. The SMILES string of the molecule is CC(C)CCN(CCC(C)C)C(=O)c1ccn2nc(C(=O)N3CCOCC3)c(C=CC=O)c2c1. The van der Waals surface area contributed by atoms with Crippen molar-refractivity contribution in [2.75, 3.05) is 39.4 Å². The maximum absolute atomic E-state index is 13.5. The van der Waals surface area contributed by atoms with Crippen LogP contribution in [0.5, 0.6) is 0 Å². The summed E-state index contributed by atoms with van der Waals surface area (Å²) in [5.74, 6) is 0.762. The maximum atomic E-state index is 13.5. The fourth-order valence-electron chi connectivity index (χ4n) is 3.90. The Morgan fingerprint density at radius 3 is 2.35 bits per heavy atom. The maximum Gasteiger partial charge on any atom is 0.275 e. The van der Waals surface area contributed by atoms with Crippen LogP contribution in [0, 0.1) is 11.8 Å². The second-order valence-electron chi connectivity index (χ2n) is 9.56. The van der Waals surface area contributed by atoms with Gasteiger partial charge < -0.3 is 14.5 Å². The number of aromatic nitrogens is 2. The minimum Gasteiger partial charge on any atom is -0.378 e. The van der Waals surface area contributed by atoms with Crippen LogP contribution in [-0.4, -0.2) is 76.9 Å². The lowest BCUT2D eigenvalue weighted by Gasteiger charge is -2.26. The van der Waals surface area contributed by atoms with Crippen molar-refractivity contribution >= 4 is 29.7 Å². The predicted molar refractivity (Wildman–Crippen MR) is 132 cm³/mol. The molecule has 0 atom stereocenters. The summed E-state index contributed by atoms with van der Waals surface area (Å²) in [4.78, 5) is 41.3. The average molecular weight is 469 g/mol. The van der Waals surface area contributed by atoms with Gasteiger partial charge >= 0.3 is 0 Å². The second-order valence-corrected chi connectivity index (χ2v) is 9.56. The molecule has 0 aromatic carbocycles. The van der Waals surface area contributed by atoms with Crippen LogP contribution in [0.3, 0.4) is 0 Å². The smallest absolute Gasteiger partial charge is 0.275 e. The van der Waals surface area contributed by atoms with Gasteiger partial charge in [0.15, 0.2) is 5.69 Å². The number of hydrogen-bond acceptors (Lipinski definition) is 5. The van der Waals surface area contributed by atoms with E-state index < -0.39 is 0 Å². The minimum absolute atomic E-state index is 0.0311. The number of pyridine rings is 1. The number of rotatable bonds is 10. The van der Waals surface area contributed by atoms with Crippen LogP contribution in [0.4, 0.5) is 0 Å². The molecule has 1 aliphatic heterocycles. The number of amides is 2. The largest absolute Gasteiger partial charge is 0.378 e. The number of morpholine rings is 1. The van der Waals surface area contributed by atoms with Crippen LogP contribution in [0.2, 0.25) is 0 Å². The van der Waals surface area contributed by atoms with E-state index in [0.29, 0.717) is 74.2 Å². The van der Waals surface area contributed by atoms with E-state index in [-0.39, 0.29) is 17.5 Å². The second kappa shape index (κ2) is 11.9. The summed E-state index contributed by atoms with van der Waals surface area (Å²) >= 11 is 0. The number of fused-ring (bicyclic) bond motifs is 1. The first-order chi connectivity index (χ1) is 16.3. The summed E-state index contributed by atoms with van der Waals surface area (Å²) in [7, 11) is 0. The van der Waals surface area contributed by atoms with E-state index in [0.717, 1.165) is 12.8 Å². The molecule has 0 N–H and O–H groups in total. The summed E-state index contributed by atoms with van der Waals surface area (Å²) < 4.78 is 6.95. The summed E-state index contributed by atoms with van der Waals surface area (Å²) in [5, 5.41) is 4.50. The fraction of sp³-hybridized carbons (Fsp3) is 0.538. The number of ether oxygens (including phenoxy) is 1. The molecule has 184 valence electrons. The third kappa shape index (κ3) is 6.32. The van der Waals surface area contributed by atoms with E-state index in [1.54, 1.807) is 33.8 Å². The van der Waals surface area contributed by atoms with Gasteiger partial charge in [0.2, 0.25) is 0 Å². The lowest BCUT2D eigenvalue weighted by atomic mass is 10.1. The first kappa shape index (κ1) is 25.6. The first-order valence-corrected chi connectivity index (χ1v) is 12.1. The van der Waals surface area contributed by atoms with Crippen molar-refractivity contribution < 1.29 is 19.1 Å². The molecule has 2 aromatic heterocycles. The monoisotopic (exact) mass is 468 g/mol. The molecular weight excluding hydrogens is 432 g/mol. The molecule has 1 saturated heterocycles. The molecule has 0 spiro atoms. The topological polar surface area (TPSA) is 84.2 Å². The highest BCUT2D eigenvalue weighted by atomic mass is 16.5. The zero-order valence-electron chi connectivity index (χ0n) is 20.7. The number of nitrogens with zero attached hydrogens (tertiary/aromatic N) is 4. The number of hydrogen-bond donors (Lipinski definition) is 0. The van der Waals surface area contributed by atoms with Crippen LogP contribution >= 0.6 is 0 Å². The molecule has 1 fully saturated rings. The van der Waals surface area contributed by atoms with Gasteiger partial charge in [0.05, 0.1) is 18.7 Å². The van der Waals surface area contributed by atoms with Crippen molar-refractivity contribution in [1.82, 2.24) is 19.4 Å². The van der Waals surface area contributed by atoms with E-state index in [1.165, 1.54) is 6.08 Å². The molecule has 0 radical (unpaired) electrons. The van der Waals surface area contributed by atoms with Gasteiger partial charge in [0, 0.05) is 43.5 Å². The Morgan fingerprint density at radius 1 is 1.12 bits per heavy atom. The predicted octanol–water partition coefficient (Wildman–Crippen LogP) is 3.55. The quantitative estimate of drug-likeness (QED) is 0.393. The Balaban J connectivity index is 1.97. The van der Waals surface area contributed by atoms with Gasteiger partial charge in [0.1, 0.15) is 6.29 Å². The van der Waals surface area contributed by atoms with Crippen molar-refractivity contribution in [1.29, 1.82) is 0 Å². The van der Waals surface area contributed by atoms with Crippen LogP contribution in [-0.2, 0) is 9.53 Å². The lowest BCUT2D eigenvalue weighted by molar-refractivity contribution is -0.104. The minimum atomic E-state index is -0.207. The van der Waals surface area contributed by atoms with Gasteiger partial charge in [-0.3, -0.25) is 14.4 Å². The molecule has 2 aromatic rings. The molecule has 3 rings (SSSR count). The Morgan fingerprint density at radius 2 is 1.76 bits per heavy atom. The molecule has 2 amide bonds. The van der Waals surface area contributed by atoms with Gasteiger partial charge in [0.25, 0.3) is 11.8 Å². The molecule has 0 aliphatic carbocycles. The number of allylic oxidation sites excluding steroid dienone is 1. The van der Waals surface area contributed by atoms with Crippen molar-refractivity contribution in [3.05, 3.63) is 41.2 Å². The van der Waals surface area contributed by atoms with Crippen LogP contribution in [0.25, 0.3) is 11.6 Å². The highest BCUT2D eigenvalue weighted by molar-refractivity contribution is 6.01. The summed E-state index contributed by atoms with van der Waals surface area (Å²) in [5.41, 5.74) is 1.97. The highest BCUT2D eigenvalue weighted by Gasteiger charge is 2.26. The number of aldehydes is 1. The van der Waals surface area contributed by atoms with E-state index in [2.05, 4.69) is 32.8 Å². The van der Waals surface area contributed by atoms with Gasteiger partial charge in [-0.05, 0) is 49.0 Å². The first-order valence-electron chi connectivity index (χ1n) is 12.1. The van der Waals surface area contributed by atoms with Gasteiger partial charge in [-0.25, -0.2) is 4.52 Å². The molecule has 0 unspecified atom stereocenters. The van der Waals surface area contributed by atoms with Crippen molar-refractivity contribution in [2.45, 2.75) is 40.5 Å². The Bertz CT molecular complexity index is 1020. The van der Waals surface area contributed by atoms with E-state index in [9.17, 15) is 14.4 Å². The number of carbonyl (C=O) groups excluding carboxylic acids is 3. The van der Waals surface area contributed by atoms with Gasteiger partial charge in [-0.15, -0.1) is 0 Å². The third-order valence-electron chi connectivity index (χ3n) is 6.00. The Labute approximate surface area is 201 Å². The summed E-state index contributed by atoms with van der Waals surface area (Å²) in [6, 6.07) is 3.52. The molecule has 0 saturated carbocycles. The lowest BCUT2D eigenvalue weighted by Crippen LogP contribution is -2.41. The van der Waals surface area contributed by atoms with Gasteiger partial charge in [-0.1, -0.05) is 27.7 Å². The van der Waals surface area contributed by atoms with Crippen LogP contribution < -0.4 is 0 Å². The Hall–Kier alpha value is -3.00. The molecule has 3 heterocycles. The Kier molecular flexibility index (Phi) is 8.98. The van der Waals surface area contributed by atoms with Crippen molar-refractivity contribution in [3.63, 3.8) is 0 Å². The average Bonchev–Trinajstić information content (AvgIpc) is 3.19. The molecule has 8 nitrogen and oxygen atoms in total. The zero-order chi connectivity index (χ0) is 24.7. The van der Waals surface area contributed by atoms with E-state index in [1.807, 2.05) is 4.90 Å². The van der Waals surface area contributed by atoms with Crippen molar-refractivity contribution in [3.8, 4) is 0 Å². The normalized spacial score (nSPS) is 14.5. The number of carbonyl (C=O) groups is 3. The van der Waals surface area contributed by atoms with Crippen LogP contribution in [0.1, 0.15) is 66.9 Å². The molecule has 0 bridgehead atoms. The molecule has 34 heavy (non-hydrogen) atoms. The van der Waals surface area contributed by atoms with Crippen LogP contribution in [0.15, 0.2) is 24.4 Å². The fourth-order valence-corrected chi connectivity index (χ4v) is 3.90. The van der Waals surface area contributed by atoms with Gasteiger partial charge in [-0.2, -0.15) is 5.10 Å². The van der Waals surface area contributed by atoms with Crippen molar-refractivity contribution in [2.24, 2.45) is 11.8 Å². The highest BCUT2D eigenvalue weighted by Crippen LogP contribution is 2.22. The third-order valence-corrected chi connectivity index (χ3v) is 6.00.